The molecular weight excluding hydrogens is 247 g/mol. The van der Waals surface area contributed by atoms with Crippen molar-refractivity contribution < 1.29 is 22.0 Å². The highest BCUT2D eigenvalue weighted by atomic mass is 79.9. The van der Waals surface area contributed by atoms with Crippen LogP contribution in [0.2, 0.25) is 0 Å². The lowest BCUT2D eigenvalue weighted by molar-refractivity contribution is -0.0445. The zero-order valence-corrected chi connectivity index (χ0v) is 7.32. The summed E-state index contributed by atoms with van der Waals surface area (Å²) in [6.45, 7) is 0. The normalized spacial score (nSPS) is 55.5. The Balaban J connectivity index is 2.76. The van der Waals surface area contributed by atoms with Gasteiger partial charge in [0.05, 0.1) is 4.83 Å². The Morgan fingerprint density at radius 1 is 0.583 bits per heavy atom. The van der Waals surface area contributed by atoms with Gasteiger partial charge in [0.1, 0.15) is 12.3 Å². The van der Waals surface area contributed by atoms with Gasteiger partial charge in [-0.1, -0.05) is 15.9 Å². The molecule has 0 N–H and O–H groups in total. The lowest BCUT2D eigenvalue weighted by atomic mass is 9.92. The third-order valence-corrected chi connectivity index (χ3v) is 2.84. The molecule has 0 aromatic carbocycles. The van der Waals surface area contributed by atoms with Crippen LogP contribution >= 0.6 is 15.9 Å². The van der Waals surface area contributed by atoms with Crippen molar-refractivity contribution in [1.82, 2.24) is 0 Å². The van der Waals surface area contributed by atoms with Gasteiger partial charge < -0.3 is 0 Å². The SMILES string of the molecule is FC1C(F)C(F)C(Br)C(F)C1F. The van der Waals surface area contributed by atoms with Gasteiger partial charge in [0.15, 0.2) is 18.5 Å². The maximum Gasteiger partial charge on any atom is 0.168 e. The average Bonchev–Trinajstić information content (AvgIpc) is 2.08. The van der Waals surface area contributed by atoms with Crippen molar-refractivity contribution in [2.45, 2.75) is 35.7 Å². The van der Waals surface area contributed by atoms with E-state index < -0.39 is 35.7 Å². The fourth-order valence-corrected chi connectivity index (χ4v) is 1.64. The Morgan fingerprint density at radius 2 is 0.833 bits per heavy atom. The van der Waals surface area contributed by atoms with E-state index in [9.17, 15) is 22.0 Å². The van der Waals surface area contributed by atoms with Gasteiger partial charge in [0.25, 0.3) is 0 Å². The number of rotatable bonds is 0. The number of halogens is 6. The third kappa shape index (κ3) is 1.45. The molecule has 4 atom stereocenters. The third-order valence-electron chi connectivity index (χ3n) is 1.83. The largest absolute Gasteiger partial charge is 0.243 e. The smallest absolute Gasteiger partial charge is 0.168 e. The van der Waals surface area contributed by atoms with Crippen molar-refractivity contribution in [3.8, 4) is 0 Å². The molecule has 4 unspecified atom stereocenters. The van der Waals surface area contributed by atoms with Gasteiger partial charge >= 0.3 is 0 Å². The van der Waals surface area contributed by atoms with Crippen LogP contribution in [0.25, 0.3) is 0 Å². The molecule has 0 heterocycles. The molecule has 1 aliphatic carbocycles. The maximum atomic E-state index is 12.6. The molecule has 1 rings (SSSR count). The van der Waals surface area contributed by atoms with E-state index in [0.717, 1.165) is 0 Å². The van der Waals surface area contributed by atoms with Crippen molar-refractivity contribution in [3.63, 3.8) is 0 Å². The molecule has 0 aromatic rings. The zero-order chi connectivity index (χ0) is 9.46. The van der Waals surface area contributed by atoms with Crippen LogP contribution in [0.3, 0.4) is 0 Å². The molecule has 72 valence electrons. The first-order chi connectivity index (χ1) is 5.46. The van der Waals surface area contributed by atoms with Gasteiger partial charge in [-0.05, 0) is 0 Å². The van der Waals surface area contributed by atoms with Crippen molar-refractivity contribution in [1.29, 1.82) is 0 Å². The zero-order valence-electron chi connectivity index (χ0n) is 5.73. The van der Waals surface area contributed by atoms with Crippen molar-refractivity contribution in [2.24, 2.45) is 0 Å². The van der Waals surface area contributed by atoms with Gasteiger partial charge in [-0.25, -0.2) is 22.0 Å². The molecule has 1 fully saturated rings. The Kier molecular flexibility index (Phi) is 2.96. The van der Waals surface area contributed by atoms with Crippen LogP contribution in [0.4, 0.5) is 22.0 Å². The number of alkyl halides is 6. The second-order valence-electron chi connectivity index (χ2n) is 2.67. The van der Waals surface area contributed by atoms with Crippen LogP contribution in [0.1, 0.15) is 0 Å². The number of hydrogen-bond acceptors (Lipinski definition) is 0. The van der Waals surface area contributed by atoms with Crippen LogP contribution in [0, 0.1) is 0 Å². The van der Waals surface area contributed by atoms with E-state index in [2.05, 4.69) is 15.9 Å². The highest BCUT2D eigenvalue weighted by Gasteiger charge is 2.52. The molecule has 0 saturated heterocycles. The molecular formula is C6H6BrF5. The second-order valence-corrected chi connectivity index (χ2v) is 3.72. The fraction of sp³-hybridized carbons (Fsp3) is 1.00. The highest BCUT2D eigenvalue weighted by molar-refractivity contribution is 9.09. The summed E-state index contributed by atoms with van der Waals surface area (Å²) in [4.78, 5) is -1.60. The van der Waals surface area contributed by atoms with E-state index in [1.54, 1.807) is 0 Å². The van der Waals surface area contributed by atoms with Gasteiger partial charge in [-0.3, -0.25) is 0 Å². The van der Waals surface area contributed by atoms with Gasteiger partial charge in [-0.15, -0.1) is 0 Å². The van der Waals surface area contributed by atoms with Crippen LogP contribution in [0.5, 0.6) is 0 Å². The fourth-order valence-electron chi connectivity index (χ4n) is 1.05. The molecule has 1 saturated carbocycles. The Hall–Kier alpha value is 0.130. The predicted octanol–water partition coefficient (Wildman–Crippen LogP) is 2.45. The Bertz CT molecular complexity index is 107. The number of hydrogen-bond donors (Lipinski definition) is 0. The Morgan fingerprint density at radius 3 is 1.17 bits per heavy atom. The Labute approximate surface area is 74.3 Å². The monoisotopic (exact) mass is 252 g/mol. The standard InChI is InChI=1S/C6H6BrF5/c7-1-2(8)4(10)6(12)5(11)3(1)9/h1-6H. The maximum absolute atomic E-state index is 12.6. The van der Waals surface area contributed by atoms with Crippen molar-refractivity contribution in [3.05, 3.63) is 0 Å². The van der Waals surface area contributed by atoms with Gasteiger partial charge in [0.2, 0.25) is 0 Å². The minimum absolute atomic E-state index is 1.60. The summed E-state index contributed by atoms with van der Waals surface area (Å²) in [7, 11) is 0. The topological polar surface area (TPSA) is 0 Å². The highest BCUT2D eigenvalue weighted by Crippen LogP contribution is 2.35. The summed E-state index contributed by atoms with van der Waals surface area (Å²) < 4.78 is 62.5. The average molecular weight is 253 g/mol. The molecule has 0 radical (unpaired) electrons. The second kappa shape index (κ2) is 3.47. The molecule has 0 aromatic heterocycles. The molecule has 0 aliphatic heterocycles. The molecule has 1 aliphatic rings. The minimum atomic E-state index is -2.70. The first kappa shape index (κ1) is 10.2. The lowest BCUT2D eigenvalue weighted by Gasteiger charge is -2.33. The minimum Gasteiger partial charge on any atom is -0.243 e. The van der Waals surface area contributed by atoms with Crippen LogP contribution in [-0.2, 0) is 0 Å². The summed E-state index contributed by atoms with van der Waals surface area (Å²) in [6.07, 6.45) is -12.5. The molecule has 0 amide bonds. The molecule has 0 spiro atoms. The van der Waals surface area contributed by atoms with Crippen LogP contribution < -0.4 is 0 Å². The summed E-state index contributed by atoms with van der Waals surface area (Å²) in [6, 6.07) is 0. The molecule has 6 heteroatoms. The quantitative estimate of drug-likeness (QED) is 0.459. The molecule has 12 heavy (non-hydrogen) atoms. The molecule has 0 bridgehead atoms. The first-order valence-electron chi connectivity index (χ1n) is 3.31. The van der Waals surface area contributed by atoms with E-state index in [1.165, 1.54) is 0 Å². The van der Waals surface area contributed by atoms with Crippen molar-refractivity contribution >= 4 is 15.9 Å². The summed E-state index contributed by atoms with van der Waals surface area (Å²) in [5.74, 6) is 0. The summed E-state index contributed by atoms with van der Waals surface area (Å²) in [5, 5.41) is 0. The predicted molar refractivity (Wildman–Crippen MR) is 37.2 cm³/mol. The van der Waals surface area contributed by atoms with E-state index in [1.807, 2.05) is 0 Å². The van der Waals surface area contributed by atoms with E-state index in [4.69, 9.17) is 0 Å². The summed E-state index contributed by atoms with van der Waals surface area (Å²) >= 11 is 2.43. The van der Waals surface area contributed by atoms with Gasteiger partial charge in [-0.2, -0.15) is 0 Å². The van der Waals surface area contributed by atoms with Gasteiger partial charge in [0, 0.05) is 0 Å². The van der Waals surface area contributed by atoms with Crippen molar-refractivity contribution in [2.75, 3.05) is 0 Å². The van der Waals surface area contributed by atoms with Crippen LogP contribution in [0.15, 0.2) is 0 Å². The first-order valence-corrected chi connectivity index (χ1v) is 4.22. The summed E-state index contributed by atoms with van der Waals surface area (Å²) in [5.41, 5.74) is 0. The van der Waals surface area contributed by atoms with E-state index >= 15 is 0 Å². The van der Waals surface area contributed by atoms with E-state index in [0.29, 0.717) is 0 Å². The molecule has 0 nitrogen and oxygen atoms in total. The lowest BCUT2D eigenvalue weighted by Crippen LogP contribution is -2.53. The van der Waals surface area contributed by atoms with Crippen LogP contribution in [-0.4, -0.2) is 35.7 Å². The van der Waals surface area contributed by atoms with E-state index in [-0.39, 0.29) is 0 Å².